The van der Waals surface area contributed by atoms with Crippen LogP contribution in [0.15, 0.2) is 140 Å². The zero-order chi connectivity index (χ0) is 35.6. The Bertz CT molecular complexity index is 3160. The maximum Gasteiger partial charge on any atom is 0.162 e. The summed E-state index contributed by atoms with van der Waals surface area (Å²) >= 11 is 0. The first kappa shape index (κ1) is 24.6. The minimum Gasteiger partial charge on any atom is -0.457 e. The van der Waals surface area contributed by atoms with Crippen LogP contribution in [0.5, 0.6) is 11.5 Å². The molecule has 6 heteroatoms. The Balaban J connectivity index is 1.14. The monoisotopic (exact) mass is 648 g/mol. The third-order valence-corrected chi connectivity index (χ3v) is 10.3. The number of aromatic nitrogens is 3. The first-order valence-corrected chi connectivity index (χ1v) is 16.8. The minimum atomic E-state index is -2.27. The summed E-state index contributed by atoms with van der Waals surface area (Å²) in [6, 6.07) is 45.9. The average Bonchev–Trinajstić information content (AvgIpc) is 3.82. The number of anilines is 3. The van der Waals surface area contributed by atoms with Crippen molar-refractivity contribution >= 4 is 82.6 Å². The van der Waals surface area contributed by atoms with Crippen LogP contribution in [0, 0.1) is 6.92 Å². The molecule has 0 spiro atoms. The van der Waals surface area contributed by atoms with Crippen molar-refractivity contribution in [2.24, 2.45) is 0 Å². The molecule has 238 valence electrons. The average molecular weight is 649 g/mol. The Labute approximate surface area is 291 Å². The first-order chi connectivity index (χ1) is 25.8. The normalized spacial score (nSPS) is 14.4. The molecule has 0 N–H and O–H groups in total. The van der Waals surface area contributed by atoms with E-state index < -0.39 is 6.98 Å². The molecule has 5 heterocycles. The van der Waals surface area contributed by atoms with Crippen LogP contribution < -0.4 is 14.5 Å². The van der Waals surface area contributed by atoms with Crippen LogP contribution in [0.4, 0.5) is 17.1 Å². The highest BCUT2D eigenvalue weighted by Crippen LogP contribution is 2.43. The Morgan fingerprint density at radius 3 is 2.08 bits per heavy atom. The topological polar surface area (TPSA) is 37.4 Å². The number of ether oxygens (including phenoxy) is 1. The molecule has 4 aromatic heterocycles. The van der Waals surface area contributed by atoms with Gasteiger partial charge >= 0.3 is 0 Å². The van der Waals surface area contributed by atoms with Gasteiger partial charge in [0.25, 0.3) is 0 Å². The van der Waals surface area contributed by atoms with Crippen molar-refractivity contribution in [1.82, 2.24) is 13.8 Å². The van der Waals surface area contributed by atoms with Gasteiger partial charge in [-0.25, -0.2) is 4.98 Å². The number of rotatable bonds is 3. The van der Waals surface area contributed by atoms with Gasteiger partial charge in [0.2, 0.25) is 0 Å². The van der Waals surface area contributed by atoms with E-state index in [0.717, 1.165) is 60.8 Å². The highest BCUT2D eigenvalue weighted by Gasteiger charge is 2.25. The fourth-order valence-electron chi connectivity index (χ4n) is 8.28. The van der Waals surface area contributed by atoms with Crippen LogP contribution in [0.25, 0.3) is 65.5 Å². The van der Waals surface area contributed by atoms with E-state index in [1.807, 2.05) is 66.6 Å². The van der Waals surface area contributed by atoms with Gasteiger partial charge in [-0.1, -0.05) is 66.7 Å². The molecule has 0 atom stereocenters. The maximum absolute atomic E-state index is 8.17. The fraction of sp³-hybridized carbons (Fsp3) is 0.0682. The van der Waals surface area contributed by atoms with E-state index in [0.29, 0.717) is 17.2 Å². The minimum absolute atomic E-state index is 0.214. The molecule has 6 nitrogen and oxygen atoms in total. The van der Waals surface area contributed by atoms with E-state index in [1.165, 1.54) is 26.6 Å². The van der Waals surface area contributed by atoms with Gasteiger partial charge in [-0.05, 0) is 67.1 Å². The van der Waals surface area contributed by atoms with Gasteiger partial charge in [-0.2, -0.15) is 0 Å². The largest absolute Gasteiger partial charge is 0.457 e. The van der Waals surface area contributed by atoms with Crippen LogP contribution in [-0.2, 0) is 0 Å². The lowest BCUT2D eigenvalue weighted by molar-refractivity contribution is 0.483. The Kier molecular flexibility index (Phi) is 4.92. The third kappa shape index (κ3) is 3.70. The number of pyridine rings is 1. The van der Waals surface area contributed by atoms with Crippen molar-refractivity contribution in [2.45, 2.75) is 6.92 Å². The van der Waals surface area contributed by atoms with E-state index >= 15 is 0 Å². The van der Waals surface area contributed by atoms with Crippen molar-refractivity contribution in [1.29, 1.82) is 0 Å². The summed E-state index contributed by atoms with van der Waals surface area (Å²) in [6.45, 7) is -0.0207. The molecule has 0 aliphatic carbocycles. The molecule has 0 fully saturated rings. The third-order valence-electron chi connectivity index (χ3n) is 10.3. The van der Waals surface area contributed by atoms with Gasteiger partial charge < -0.3 is 18.9 Å². The fourth-order valence-corrected chi connectivity index (χ4v) is 8.28. The Morgan fingerprint density at radius 2 is 1.26 bits per heavy atom. The molecule has 0 bridgehead atoms. The van der Waals surface area contributed by atoms with Crippen molar-refractivity contribution in [3.05, 3.63) is 145 Å². The number of hydrogen-bond donors (Lipinski definition) is 0. The summed E-state index contributed by atoms with van der Waals surface area (Å²) in [7, 11) is 0. The summed E-state index contributed by atoms with van der Waals surface area (Å²) in [5.41, 5.74) is 9.67. The van der Waals surface area contributed by atoms with Gasteiger partial charge in [0.05, 0.1) is 45.6 Å². The van der Waals surface area contributed by atoms with Crippen molar-refractivity contribution in [3.63, 3.8) is 0 Å². The molecular formula is C44H31N5O. The lowest BCUT2D eigenvalue weighted by atomic mass is 10.0. The van der Waals surface area contributed by atoms with Gasteiger partial charge in [0.15, 0.2) is 5.65 Å². The molecule has 1 aliphatic rings. The highest BCUT2D eigenvalue weighted by atomic mass is 16.5. The highest BCUT2D eigenvalue weighted by molar-refractivity contribution is 6.25. The van der Waals surface area contributed by atoms with E-state index in [2.05, 4.69) is 93.7 Å². The smallest absolute Gasteiger partial charge is 0.162 e. The second-order valence-electron chi connectivity index (χ2n) is 13.2. The molecule has 11 rings (SSSR count). The van der Waals surface area contributed by atoms with Crippen LogP contribution in [0.3, 0.4) is 0 Å². The number of nitrogens with zero attached hydrogens (tertiary/aromatic N) is 5. The molecule has 0 amide bonds. The number of fused-ring (bicyclic) bond motifs is 11. The lowest BCUT2D eigenvalue weighted by Gasteiger charge is -2.21. The van der Waals surface area contributed by atoms with Gasteiger partial charge in [0.1, 0.15) is 11.5 Å². The summed E-state index contributed by atoms with van der Waals surface area (Å²) in [6.07, 6.45) is 1.87. The van der Waals surface area contributed by atoms with Crippen molar-refractivity contribution in [2.75, 3.05) is 23.4 Å². The lowest BCUT2D eigenvalue weighted by Crippen LogP contribution is -2.24. The molecule has 0 radical (unpaired) electrons. The summed E-state index contributed by atoms with van der Waals surface area (Å²) in [5, 5.41) is 7.00. The number of hydrogen-bond acceptors (Lipinski definition) is 4. The van der Waals surface area contributed by atoms with Gasteiger partial charge in [0, 0.05) is 67.4 Å². The predicted molar refractivity (Wildman–Crippen MR) is 207 cm³/mol. The van der Waals surface area contributed by atoms with E-state index in [4.69, 9.17) is 13.8 Å². The maximum atomic E-state index is 8.17. The Morgan fingerprint density at radius 1 is 0.580 bits per heavy atom. The van der Waals surface area contributed by atoms with E-state index in [-0.39, 0.29) is 6.67 Å². The second-order valence-corrected chi connectivity index (χ2v) is 13.2. The number of aryl methyl sites for hydroxylation is 1. The van der Waals surface area contributed by atoms with E-state index in [9.17, 15) is 0 Å². The Hall–Kier alpha value is -6.53. The molecular weight excluding hydrogens is 615 g/mol. The zero-order valence-corrected chi connectivity index (χ0v) is 27.1. The summed E-state index contributed by atoms with van der Waals surface area (Å²) in [4.78, 5) is 8.59. The van der Waals surface area contributed by atoms with Crippen LogP contribution in [-0.4, -0.2) is 27.4 Å². The number of para-hydroxylation sites is 5. The van der Waals surface area contributed by atoms with Crippen LogP contribution >= 0.6 is 0 Å². The molecule has 1 aliphatic heterocycles. The zero-order valence-electron chi connectivity index (χ0n) is 30.1. The van der Waals surface area contributed by atoms with E-state index in [1.54, 1.807) is 0 Å². The first-order valence-electron chi connectivity index (χ1n) is 18.3. The molecule has 6 aromatic carbocycles. The van der Waals surface area contributed by atoms with Crippen LogP contribution in [0.2, 0.25) is 0 Å². The molecule has 10 aromatic rings. The van der Waals surface area contributed by atoms with Crippen LogP contribution in [0.1, 0.15) is 9.68 Å². The quantitative estimate of drug-likeness (QED) is 0.191. The van der Waals surface area contributed by atoms with Gasteiger partial charge in [-0.15, -0.1) is 0 Å². The summed E-state index contributed by atoms with van der Waals surface area (Å²) in [5.74, 6) is 1.36. The molecule has 0 unspecified atom stereocenters. The standard InChI is InChI=1S/C44H31N5O/c1-27-22-28(47-26-46(2)38-16-5-6-17-39(38)47)24-30(23-27)50-29-19-20-32-34-12-8-14-36-35-13-7-11-33-31-10-3-4-15-37(31)48(42(33)35)40-18-9-21-45-44(40)49(43(34)36)41(32)25-29/h3-25H,26H2,1-2H3/i2D3. The molecule has 50 heavy (non-hydrogen) atoms. The van der Waals surface area contributed by atoms with Crippen molar-refractivity contribution < 1.29 is 8.85 Å². The second kappa shape index (κ2) is 10.00. The SMILES string of the molecule is [2H]C([2H])([2H])N1CN(c2cc(C)cc(Oc3ccc4c5cccc6c7cccc8c9ccccc9n(c9cccnc9n(c4c3)c56)c87)c2)c2ccccc21. The molecule has 0 saturated carbocycles. The molecule has 0 saturated heterocycles. The predicted octanol–water partition coefficient (Wildman–Crippen LogP) is 11.0. The summed E-state index contributed by atoms with van der Waals surface area (Å²) < 4.78 is 35.9. The number of benzene rings is 6. The van der Waals surface area contributed by atoms with Gasteiger partial charge in [-0.3, -0.25) is 4.40 Å². The van der Waals surface area contributed by atoms with Crippen molar-refractivity contribution in [3.8, 4) is 11.5 Å².